The van der Waals surface area contributed by atoms with Crippen molar-refractivity contribution < 1.29 is 4.79 Å². The molecule has 3 N–H and O–H groups in total. The van der Waals surface area contributed by atoms with Gasteiger partial charge in [0.15, 0.2) is 0 Å². The fourth-order valence-electron chi connectivity index (χ4n) is 1.05. The van der Waals surface area contributed by atoms with Crippen LogP contribution in [-0.2, 0) is 0 Å². The summed E-state index contributed by atoms with van der Waals surface area (Å²) in [4.78, 5) is 15.7. The first-order valence-electron chi connectivity index (χ1n) is 5.00. The van der Waals surface area contributed by atoms with Gasteiger partial charge in [-0.25, -0.2) is 4.98 Å². The quantitative estimate of drug-likeness (QED) is 0.833. The van der Waals surface area contributed by atoms with Gasteiger partial charge in [0.25, 0.3) is 5.91 Å². The SMILES string of the molecule is CC(C)(C)CNC(=O)c1nc(N)ccc1Cl. The van der Waals surface area contributed by atoms with Crippen molar-refractivity contribution >= 4 is 23.3 Å². The minimum atomic E-state index is -0.299. The summed E-state index contributed by atoms with van der Waals surface area (Å²) in [6.45, 7) is 6.64. The molecule has 88 valence electrons. The van der Waals surface area contributed by atoms with Gasteiger partial charge >= 0.3 is 0 Å². The van der Waals surface area contributed by atoms with Crippen molar-refractivity contribution in [3.05, 3.63) is 22.8 Å². The molecule has 0 radical (unpaired) electrons. The molecule has 5 heteroatoms. The van der Waals surface area contributed by atoms with E-state index in [1.807, 2.05) is 20.8 Å². The molecule has 0 fully saturated rings. The third-order valence-corrected chi connectivity index (χ3v) is 2.17. The van der Waals surface area contributed by atoms with Crippen molar-refractivity contribution in [2.45, 2.75) is 20.8 Å². The number of pyridine rings is 1. The number of nitrogen functional groups attached to an aromatic ring is 1. The molecule has 1 aromatic heterocycles. The van der Waals surface area contributed by atoms with Crippen molar-refractivity contribution in [1.29, 1.82) is 0 Å². The van der Waals surface area contributed by atoms with Crippen LogP contribution in [-0.4, -0.2) is 17.4 Å². The largest absolute Gasteiger partial charge is 0.384 e. The van der Waals surface area contributed by atoms with E-state index in [2.05, 4.69) is 10.3 Å². The minimum absolute atomic E-state index is 0.0163. The number of nitrogens with two attached hydrogens (primary N) is 1. The van der Waals surface area contributed by atoms with Gasteiger partial charge in [0.2, 0.25) is 0 Å². The van der Waals surface area contributed by atoms with Crippen molar-refractivity contribution in [2.75, 3.05) is 12.3 Å². The highest BCUT2D eigenvalue weighted by atomic mass is 35.5. The van der Waals surface area contributed by atoms with Crippen molar-refractivity contribution in [2.24, 2.45) is 5.41 Å². The lowest BCUT2D eigenvalue weighted by Gasteiger charge is -2.18. The lowest BCUT2D eigenvalue weighted by atomic mass is 9.97. The number of hydrogen-bond acceptors (Lipinski definition) is 3. The zero-order chi connectivity index (χ0) is 12.3. The Morgan fingerprint density at radius 3 is 2.69 bits per heavy atom. The summed E-state index contributed by atoms with van der Waals surface area (Å²) >= 11 is 5.86. The summed E-state index contributed by atoms with van der Waals surface area (Å²) in [6, 6.07) is 3.12. The van der Waals surface area contributed by atoms with E-state index in [9.17, 15) is 4.79 Å². The summed E-state index contributed by atoms with van der Waals surface area (Å²) in [6.07, 6.45) is 0. The molecular weight excluding hydrogens is 226 g/mol. The number of aromatic nitrogens is 1. The van der Waals surface area contributed by atoms with Crippen LogP contribution in [0.2, 0.25) is 5.02 Å². The van der Waals surface area contributed by atoms with Crippen LogP contribution in [0.25, 0.3) is 0 Å². The number of hydrogen-bond donors (Lipinski definition) is 2. The van der Waals surface area contributed by atoms with Gasteiger partial charge in [-0.1, -0.05) is 32.4 Å². The molecule has 0 aliphatic rings. The Balaban J connectivity index is 2.77. The van der Waals surface area contributed by atoms with E-state index < -0.39 is 0 Å². The first-order valence-corrected chi connectivity index (χ1v) is 5.37. The fraction of sp³-hybridized carbons (Fsp3) is 0.455. The van der Waals surface area contributed by atoms with Crippen LogP contribution in [0.15, 0.2) is 12.1 Å². The smallest absolute Gasteiger partial charge is 0.271 e. The van der Waals surface area contributed by atoms with Gasteiger partial charge in [-0.2, -0.15) is 0 Å². The fourth-order valence-corrected chi connectivity index (χ4v) is 1.24. The van der Waals surface area contributed by atoms with Crippen LogP contribution in [0.5, 0.6) is 0 Å². The van der Waals surface area contributed by atoms with Crippen LogP contribution < -0.4 is 11.1 Å². The van der Waals surface area contributed by atoms with E-state index in [1.54, 1.807) is 12.1 Å². The van der Waals surface area contributed by atoms with E-state index in [0.717, 1.165) is 0 Å². The molecule has 0 saturated carbocycles. The summed E-state index contributed by atoms with van der Waals surface area (Å²) in [7, 11) is 0. The highest BCUT2D eigenvalue weighted by Crippen LogP contribution is 2.16. The van der Waals surface area contributed by atoms with E-state index in [0.29, 0.717) is 11.6 Å². The Hall–Kier alpha value is -1.29. The number of rotatable bonds is 2. The molecule has 1 rings (SSSR count). The molecule has 0 saturated heterocycles. The summed E-state index contributed by atoms with van der Waals surface area (Å²) < 4.78 is 0. The number of nitrogens with one attached hydrogen (secondary N) is 1. The number of amides is 1. The van der Waals surface area contributed by atoms with E-state index in [-0.39, 0.29) is 22.8 Å². The number of halogens is 1. The molecule has 0 aliphatic heterocycles. The Morgan fingerprint density at radius 1 is 1.50 bits per heavy atom. The molecular formula is C11H16ClN3O. The monoisotopic (exact) mass is 241 g/mol. The first kappa shape index (κ1) is 12.8. The van der Waals surface area contributed by atoms with Gasteiger partial charge in [0.05, 0.1) is 5.02 Å². The number of carbonyl (C=O) groups is 1. The van der Waals surface area contributed by atoms with Crippen LogP contribution >= 0.6 is 11.6 Å². The second-order valence-corrected chi connectivity index (χ2v) is 5.22. The van der Waals surface area contributed by atoms with Crippen LogP contribution in [0.4, 0.5) is 5.82 Å². The predicted molar refractivity (Wildman–Crippen MR) is 65.4 cm³/mol. The Bertz CT molecular complexity index is 399. The maximum Gasteiger partial charge on any atom is 0.271 e. The van der Waals surface area contributed by atoms with Gasteiger partial charge in [-0.15, -0.1) is 0 Å². The summed E-state index contributed by atoms with van der Waals surface area (Å²) in [5.41, 5.74) is 5.69. The van der Waals surface area contributed by atoms with Gasteiger partial charge in [-0.05, 0) is 17.5 Å². The molecule has 1 heterocycles. The Morgan fingerprint density at radius 2 is 2.12 bits per heavy atom. The van der Waals surface area contributed by atoms with Crippen LogP contribution in [0.1, 0.15) is 31.3 Å². The maximum atomic E-state index is 11.8. The van der Waals surface area contributed by atoms with Gasteiger partial charge in [0.1, 0.15) is 11.5 Å². The maximum absolute atomic E-state index is 11.8. The van der Waals surface area contributed by atoms with Gasteiger partial charge < -0.3 is 11.1 Å². The minimum Gasteiger partial charge on any atom is -0.384 e. The second-order valence-electron chi connectivity index (χ2n) is 4.81. The summed E-state index contributed by atoms with van der Waals surface area (Å²) in [5.74, 6) is -0.0162. The second kappa shape index (κ2) is 4.70. The van der Waals surface area contributed by atoms with Gasteiger partial charge in [0, 0.05) is 6.54 Å². The molecule has 0 spiro atoms. The van der Waals surface area contributed by atoms with Crippen molar-refractivity contribution in [3.63, 3.8) is 0 Å². The Kier molecular flexibility index (Phi) is 3.75. The highest BCUT2D eigenvalue weighted by molar-refractivity contribution is 6.33. The van der Waals surface area contributed by atoms with Crippen LogP contribution in [0.3, 0.4) is 0 Å². The molecule has 4 nitrogen and oxygen atoms in total. The first-order chi connectivity index (χ1) is 7.29. The molecule has 16 heavy (non-hydrogen) atoms. The average Bonchev–Trinajstić information content (AvgIpc) is 2.17. The van der Waals surface area contributed by atoms with E-state index in [1.165, 1.54) is 0 Å². The zero-order valence-electron chi connectivity index (χ0n) is 9.67. The number of anilines is 1. The van der Waals surface area contributed by atoms with Crippen molar-refractivity contribution in [3.8, 4) is 0 Å². The third-order valence-electron chi connectivity index (χ3n) is 1.86. The standard InChI is InChI=1S/C11H16ClN3O/c1-11(2,3)6-14-10(16)9-7(12)4-5-8(13)15-9/h4-5H,6H2,1-3H3,(H2,13,15)(H,14,16). The molecule has 0 aromatic carbocycles. The number of nitrogens with zero attached hydrogens (tertiary/aromatic N) is 1. The van der Waals surface area contributed by atoms with Crippen molar-refractivity contribution in [1.82, 2.24) is 10.3 Å². The molecule has 0 atom stereocenters. The average molecular weight is 242 g/mol. The highest BCUT2D eigenvalue weighted by Gasteiger charge is 2.16. The molecule has 1 aromatic rings. The molecule has 0 bridgehead atoms. The Labute approximate surface area is 100 Å². The van der Waals surface area contributed by atoms with Gasteiger partial charge in [-0.3, -0.25) is 4.79 Å². The van der Waals surface area contributed by atoms with E-state index >= 15 is 0 Å². The van der Waals surface area contributed by atoms with Crippen LogP contribution in [0, 0.1) is 5.41 Å². The third kappa shape index (κ3) is 3.70. The topological polar surface area (TPSA) is 68.0 Å². The normalized spacial score (nSPS) is 11.2. The number of carbonyl (C=O) groups excluding carboxylic acids is 1. The molecule has 0 aliphatic carbocycles. The molecule has 0 unspecified atom stereocenters. The zero-order valence-corrected chi connectivity index (χ0v) is 10.4. The predicted octanol–water partition coefficient (Wildman–Crippen LogP) is 2.09. The summed E-state index contributed by atoms with van der Waals surface area (Å²) in [5, 5.41) is 3.07. The lowest BCUT2D eigenvalue weighted by Crippen LogP contribution is -2.33. The molecule has 1 amide bonds. The van der Waals surface area contributed by atoms with E-state index in [4.69, 9.17) is 17.3 Å². The lowest BCUT2D eigenvalue weighted by molar-refractivity contribution is 0.0934.